The van der Waals surface area contributed by atoms with E-state index in [0.29, 0.717) is 16.4 Å². The number of benzene rings is 1. The maximum absolute atomic E-state index is 14.8. The average Bonchev–Trinajstić information content (AvgIpc) is 3.18. The Morgan fingerprint density at radius 1 is 1.14 bits per heavy atom. The van der Waals surface area contributed by atoms with Crippen LogP contribution < -0.4 is 5.32 Å². The first-order chi connectivity index (χ1) is 13.6. The van der Waals surface area contributed by atoms with E-state index in [0.717, 1.165) is 0 Å². The van der Waals surface area contributed by atoms with Crippen LogP contribution in [-0.4, -0.2) is 19.6 Å². The number of allylic oxidation sites excluding steroid dienone is 1. The molecule has 162 valence electrons. The van der Waals surface area contributed by atoms with Crippen molar-refractivity contribution >= 4 is 43.5 Å². The number of hydrogen-bond donors (Lipinski definition) is 1. The number of carbonyl (C=O) groups excluding carboxylic acids is 1. The van der Waals surface area contributed by atoms with Crippen LogP contribution in [0.25, 0.3) is 0 Å². The van der Waals surface area contributed by atoms with Gasteiger partial charge < -0.3 is 14.8 Å². The molecule has 0 amide bonds. The highest BCUT2D eigenvalue weighted by atomic mass is 79.9. The molecule has 29 heavy (non-hydrogen) atoms. The predicted molar refractivity (Wildman–Crippen MR) is 112 cm³/mol. The van der Waals surface area contributed by atoms with Gasteiger partial charge in [-0.15, -0.1) is 0 Å². The summed E-state index contributed by atoms with van der Waals surface area (Å²) in [5.74, 6) is -4.57. The Kier molecular flexibility index (Phi) is 8.21. The molecule has 1 aromatic carbocycles. The Labute approximate surface area is 185 Å². The summed E-state index contributed by atoms with van der Waals surface area (Å²) in [5.41, 5.74) is -1.39. The minimum atomic E-state index is -1.34. The SMILES string of the molecule is CCCNc1c(F)c(COC)c(F)c(F)c1COC(=O)[C@@H]1[C@H](C=C(Br)Br)C1(C)C. The summed E-state index contributed by atoms with van der Waals surface area (Å²) in [6.07, 6.45) is 2.49. The highest BCUT2D eigenvalue weighted by Gasteiger charge is 2.61. The molecule has 0 aliphatic heterocycles. The van der Waals surface area contributed by atoms with Crippen molar-refractivity contribution in [2.75, 3.05) is 19.0 Å². The zero-order valence-electron chi connectivity index (χ0n) is 16.7. The molecule has 0 unspecified atom stereocenters. The molecule has 1 aromatic rings. The topological polar surface area (TPSA) is 47.6 Å². The number of methoxy groups -OCH3 is 1. The number of anilines is 1. The predicted octanol–water partition coefficient (Wildman–Crippen LogP) is 6.02. The lowest BCUT2D eigenvalue weighted by atomic mass is 10.1. The van der Waals surface area contributed by atoms with Crippen molar-refractivity contribution in [2.45, 2.75) is 40.4 Å². The molecule has 2 atom stereocenters. The molecular weight excluding hydrogens is 519 g/mol. The Morgan fingerprint density at radius 3 is 2.31 bits per heavy atom. The first-order valence-electron chi connectivity index (χ1n) is 9.18. The molecule has 0 aromatic heterocycles. The third-order valence-corrected chi connectivity index (χ3v) is 5.71. The molecule has 0 bridgehead atoms. The van der Waals surface area contributed by atoms with Crippen molar-refractivity contribution < 1.29 is 27.4 Å². The zero-order valence-corrected chi connectivity index (χ0v) is 19.8. The lowest BCUT2D eigenvalue weighted by molar-refractivity contribution is -0.147. The van der Waals surface area contributed by atoms with Crippen molar-refractivity contribution in [3.05, 3.63) is 38.0 Å². The van der Waals surface area contributed by atoms with E-state index in [9.17, 15) is 18.0 Å². The van der Waals surface area contributed by atoms with E-state index in [1.54, 1.807) is 0 Å². The highest BCUT2D eigenvalue weighted by molar-refractivity contribution is 9.28. The molecule has 1 N–H and O–H groups in total. The largest absolute Gasteiger partial charge is 0.460 e. The number of hydrogen-bond acceptors (Lipinski definition) is 4. The van der Waals surface area contributed by atoms with E-state index in [-0.39, 0.29) is 22.6 Å². The average molecular weight is 543 g/mol. The minimum Gasteiger partial charge on any atom is -0.460 e. The molecule has 0 heterocycles. The molecule has 1 aliphatic carbocycles. The summed E-state index contributed by atoms with van der Waals surface area (Å²) in [7, 11) is 1.26. The van der Waals surface area contributed by atoms with Crippen LogP contribution in [0.15, 0.2) is 9.47 Å². The van der Waals surface area contributed by atoms with Gasteiger partial charge in [0.25, 0.3) is 0 Å². The van der Waals surface area contributed by atoms with Crippen molar-refractivity contribution in [1.29, 1.82) is 0 Å². The van der Waals surface area contributed by atoms with Gasteiger partial charge in [-0.25, -0.2) is 13.2 Å². The quantitative estimate of drug-likeness (QED) is 0.306. The summed E-state index contributed by atoms with van der Waals surface area (Å²) in [6, 6.07) is 0. The third-order valence-electron chi connectivity index (χ3n) is 5.18. The Morgan fingerprint density at radius 2 is 1.76 bits per heavy atom. The Hall–Kier alpha value is -1.06. The van der Waals surface area contributed by atoms with Crippen molar-refractivity contribution in [2.24, 2.45) is 17.3 Å². The third kappa shape index (κ3) is 5.17. The first-order valence-corrected chi connectivity index (χ1v) is 10.8. The fourth-order valence-electron chi connectivity index (χ4n) is 3.40. The van der Waals surface area contributed by atoms with Crippen LogP contribution in [0.1, 0.15) is 38.3 Å². The molecule has 1 saturated carbocycles. The number of nitrogens with one attached hydrogen (secondary N) is 1. The highest BCUT2D eigenvalue weighted by Crippen LogP contribution is 2.60. The molecule has 0 spiro atoms. The summed E-state index contributed by atoms with van der Waals surface area (Å²) in [5, 5.41) is 2.77. The van der Waals surface area contributed by atoms with Gasteiger partial charge in [-0.2, -0.15) is 0 Å². The number of carbonyl (C=O) groups is 1. The Balaban J connectivity index is 2.28. The lowest BCUT2D eigenvalue weighted by Crippen LogP contribution is -2.16. The standard InChI is InChI=1S/C20H24Br2F3NO3/c1-5-6-26-18-11(16(24)15(23)10(8-28-4)17(18)25)9-29-19(27)14-12(7-13(21)22)20(14,2)3/h7,12,14,26H,5-6,8-9H2,1-4H3/t12-,14-/m0/s1. The second kappa shape index (κ2) is 9.83. The molecule has 0 radical (unpaired) electrons. The van der Waals surface area contributed by atoms with E-state index >= 15 is 0 Å². The van der Waals surface area contributed by atoms with E-state index in [2.05, 4.69) is 37.2 Å². The molecule has 9 heteroatoms. The van der Waals surface area contributed by atoms with Gasteiger partial charge >= 0.3 is 5.97 Å². The summed E-state index contributed by atoms with van der Waals surface area (Å²) >= 11 is 6.54. The van der Waals surface area contributed by atoms with Gasteiger partial charge in [0.15, 0.2) is 17.5 Å². The van der Waals surface area contributed by atoms with Gasteiger partial charge in [-0.05, 0) is 49.6 Å². The number of esters is 1. The van der Waals surface area contributed by atoms with Crippen LogP contribution in [0, 0.1) is 34.7 Å². The van der Waals surface area contributed by atoms with Gasteiger partial charge in [0.2, 0.25) is 0 Å². The van der Waals surface area contributed by atoms with Crippen LogP contribution in [0.4, 0.5) is 18.9 Å². The van der Waals surface area contributed by atoms with Crippen LogP contribution in [-0.2, 0) is 27.5 Å². The minimum absolute atomic E-state index is 0.0659. The van der Waals surface area contributed by atoms with E-state index in [4.69, 9.17) is 9.47 Å². The molecule has 2 rings (SSSR count). The van der Waals surface area contributed by atoms with Gasteiger partial charge in [-0.3, -0.25) is 4.79 Å². The van der Waals surface area contributed by atoms with Crippen LogP contribution >= 0.6 is 31.9 Å². The second-order valence-corrected chi connectivity index (χ2v) is 10.3. The van der Waals surface area contributed by atoms with Crippen LogP contribution in [0.3, 0.4) is 0 Å². The normalized spacial score (nSPS) is 19.6. The van der Waals surface area contributed by atoms with Gasteiger partial charge in [0.1, 0.15) is 6.61 Å². The molecular formula is C20H24Br2F3NO3. The molecule has 0 saturated heterocycles. The van der Waals surface area contributed by atoms with Gasteiger partial charge in [0, 0.05) is 13.7 Å². The zero-order chi connectivity index (χ0) is 21.9. The lowest BCUT2D eigenvalue weighted by Gasteiger charge is -2.17. The molecule has 4 nitrogen and oxygen atoms in total. The fourth-order valence-corrected chi connectivity index (χ4v) is 3.97. The second-order valence-electron chi connectivity index (χ2n) is 7.52. The van der Waals surface area contributed by atoms with E-state index in [1.165, 1.54) is 7.11 Å². The van der Waals surface area contributed by atoms with Crippen LogP contribution in [0.2, 0.25) is 0 Å². The smallest absolute Gasteiger partial charge is 0.310 e. The van der Waals surface area contributed by atoms with Crippen LogP contribution in [0.5, 0.6) is 0 Å². The monoisotopic (exact) mass is 541 g/mol. The number of rotatable bonds is 9. The maximum Gasteiger partial charge on any atom is 0.310 e. The van der Waals surface area contributed by atoms with E-state index < -0.39 is 48.1 Å². The first kappa shape index (κ1) is 24.2. The van der Waals surface area contributed by atoms with Crippen molar-refractivity contribution in [1.82, 2.24) is 0 Å². The summed E-state index contributed by atoms with van der Waals surface area (Å²) in [6.45, 7) is 5.04. The number of ether oxygens (including phenoxy) is 2. The Bertz CT molecular complexity index is 811. The van der Waals surface area contributed by atoms with Crippen molar-refractivity contribution in [3.8, 4) is 0 Å². The molecule has 1 aliphatic rings. The fraction of sp³-hybridized carbons (Fsp3) is 0.550. The number of halogens is 5. The van der Waals surface area contributed by atoms with Crippen molar-refractivity contribution in [3.63, 3.8) is 0 Å². The van der Waals surface area contributed by atoms with Gasteiger partial charge in [-0.1, -0.05) is 26.8 Å². The summed E-state index contributed by atoms with van der Waals surface area (Å²) < 4.78 is 54.6. The molecule has 1 fully saturated rings. The van der Waals surface area contributed by atoms with E-state index in [1.807, 2.05) is 26.8 Å². The maximum atomic E-state index is 14.8. The summed E-state index contributed by atoms with van der Waals surface area (Å²) in [4.78, 5) is 12.5. The van der Waals surface area contributed by atoms with Gasteiger partial charge in [0.05, 0.1) is 32.7 Å².